The van der Waals surface area contributed by atoms with E-state index in [2.05, 4.69) is 46.1 Å². The lowest BCUT2D eigenvalue weighted by atomic mass is 9.94. The molecule has 0 aromatic carbocycles. The molecule has 0 spiro atoms. The lowest BCUT2D eigenvalue weighted by Gasteiger charge is -2.13. The second-order valence-electron chi connectivity index (χ2n) is 6.37. The monoisotopic (exact) mass is 359 g/mol. The first-order valence-electron chi connectivity index (χ1n) is 8.05. The van der Waals surface area contributed by atoms with Gasteiger partial charge in [-0.15, -0.1) is 0 Å². The molecular formula is C15H29N5O3S. The Labute approximate surface area is 144 Å². The molecule has 0 fully saturated rings. The lowest BCUT2D eigenvalue weighted by molar-refractivity contribution is 0.379. The number of aromatic nitrogens is 1. The molecule has 0 aliphatic rings. The van der Waals surface area contributed by atoms with Crippen molar-refractivity contribution in [2.24, 2.45) is 4.99 Å². The standard InChI is InChI=1S/C15H29N5O3S/c1-6-24(21,22)20-9-7-8-17-14(16-5)19-11-13-18-10-12(23-13)15(2,3)4/h10,20H,6-9,11H2,1-5H3,(H2,16,17,19). The average Bonchev–Trinajstić information content (AvgIpc) is 2.99. The smallest absolute Gasteiger partial charge is 0.213 e. The van der Waals surface area contributed by atoms with Crippen molar-refractivity contribution in [3.63, 3.8) is 0 Å². The molecule has 24 heavy (non-hydrogen) atoms. The summed E-state index contributed by atoms with van der Waals surface area (Å²) in [6, 6.07) is 0. The van der Waals surface area contributed by atoms with Gasteiger partial charge in [0, 0.05) is 25.6 Å². The van der Waals surface area contributed by atoms with E-state index in [1.165, 1.54) is 0 Å². The van der Waals surface area contributed by atoms with Crippen LogP contribution in [0.5, 0.6) is 0 Å². The van der Waals surface area contributed by atoms with Gasteiger partial charge < -0.3 is 15.1 Å². The van der Waals surface area contributed by atoms with Crippen LogP contribution < -0.4 is 15.4 Å². The van der Waals surface area contributed by atoms with E-state index in [1.807, 2.05) is 0 Å². The van der Waals surface area contributed by atoms with Crippen LogP contribution in [0, 0.1) is 0 Å². The van der Waals surface area contributed by atoms with Gasteiger partial charge >= 0.3 is 0 Å². The highest BCUT2D eigenvalue weighted by molar-refractivity contribution is 7.89. The maximum Gasteiger partial charge on any atom is 0.213 e. The van der Waals surface area contributed by atoms with Gasteiger partial charge in [-0.2, -0.15) is 0 Å². The number of oxazole rings is 1. The number of nitrogens with zero attached hydrogens (tertiary/aromatic N) is 2. The van der Waals surface area contributed by atoms with Crippen LogP contribution in [0.1, 0.15) is 45.8 Å². The first kappa shape index (κ1) is 20.4. The van der Waals surface area contributed by atoms with Crippen LogP contribution in [-0.4, -0.2) is 45.3 Å². The van der Waals surface area contributed by atoms with Crippen LogP contribution in [0.3, 0.4) is 0 Å². The molecule has 138 valence electrons. The van der Waals surface area contributed by atoms with E-state index < -0.39 is 10.0 Å². The molecule has 0 unspecified atom stereocenters. The van der Waals surface area contributed by atoms with Crippen LogP contribution in [0.2, 0.25) is 0 Å². The first-order chi connectivity index (χ1) is 11.2. The molecule has 8 nitrogen and oxygen atoms in total. The number of sulfonamides is 1. The summed E-state index contributed by atoms with van der Waals surface area (Å²) < 4.78 is 30.8. The van der Waals surface area contributed by atoms with Crippen molar-refractivity contribution in [2.75, 3.05) is 25.9 Å². The number of guanidine groups is 1. The highest BCUT2D eigenvalue weighted by Gasteiger charge is 2.19. The number of aliphatic imine (C=N–C) groups is 1. The van der Waals surface area contributed by atoms with Gasteiger partial charge in [-0.3, -0.25) is 4.99 Å². The fourth-order valence-corrected chi connectivity index (χ4v) is 2.40. The third-order valence-electron chi connectivity index (χ3n) is 3.27. The van der Waals surface area contributed by atoms with E-state index in [-0.39, 0.29) is 11.2 Å². The van der Waals surface area contributed by atoms with Crippen molar-refractivity contribution in [3.05, 3.63) is 17.8 Å². The minimum Gasteiger partial charge on any atom is -0.443 e. The van der Waals surface area contributed by atoms with Gasteiger partial charge in [0.2, 0.25) is 15.9 Å². The van der Waals surface area contributed by atoms with Crippen LogP contribution in [0.4, 0.5) is 0 Å². The van der Waals surface area contributed by atoms with Crippen molar-refractivity contribution < 1.29 is 12.8 Å². The minimum atomic E-state index is -3.13. The molecule has 0 aliphatic carbocycles. The summed E-state index contributed by atoms with van der Waals surface area (Å²) >= 11 is 0. The van der Waals surface area contributed by atoms with Gasteiger partial charge in [-0.1, -0.05) is 20.8 Å². The van der Waals surface area contributed by atoms with Crippen molar-refractivity contribution in [3.8, 4) is 0 Å². The Morgan fingerprint density at radius 3 is 2.54 bits per heavy atom. The molecule has 0 aliphatic heterocycles. The maximum atomic E-state index is 11.3. The third kappa shape index (κ3) is 7.31. The fourth-order valence-electron chi connectivity index (χ4n) is 1.74. The zero-order chi connectivity index (χ0) is 18.2. The van der Waals surface area contributed by atoms with Gasteiger partial charge in [0.1, 0.15) is 5.76 Å². The van der Waals surface area contributed by atoms with Gasteiger partial charge in [0.05, 0.1) is 18.5 Å². The molecule has 0 saturated carbocycles. The Bertz CT molecular complexity index is 632. The summed E-state index contributed by atoms with van der Waals surface area (Å²) in [5.41, 5.74) is -0.0724. The van der Waals surface area contributed by atoms with Crippen molar-refractivity contribution >= 4 is 16.0 Å². The van der Waals surface area contributed by atoms with Gasteiger partial charge in [0.15, 0.2) is 5.96 Å². The Morgan fingerprint density at radius 1 is 1.29 bits per heavy atom. The average molecular weight is 359 g/mol. The molecule has 0 amide bonds. The van der Waals surface area contributed by atoms with E-state index in [0.29, 0.717) is 37.9 Å². The van der Waals surface area contributed by atoms with Crippen LogP contribution in [-0.2, 0) is 22.0 Å². The van der Waals surface area contributed by atoms with Crippen LogP contribution >= 0.6 is 0 Å². The summed E-state index contributed by atoms with van der Waals surface area (Å²) in [7, 11) is -1.45. The van der Waals surface area contributed by atoms with Crippen molar-refractivity contribution in [1.82, 2.24) is 20.3 Å². The Kier molecular flexibility index (Phi) is 7.68. The minimum absolute atomic E-state index is 0.0724. The molecule has 9 heteroatoms. The third-order valence-corrected chi connectivity index (χ3v) is 4.68. The topological polar surface area (TPSA) is 109 Å². The number of nitrogens with one attached hydrogen (secondary N) is 3. The van der Waals surface area contributed by atoms with Crippen molar-refractivity contribution in [1.29, 1.82) is 0 Å². The maximum absolute atomic E-state index is 11.3. The summed E-state index contributed by atoms with van der Waals surface area (Å²) in [5, 5.41) is 6.23. The van der Waals surface area contributed by atoms with Gasteiger partial charge in [0.25, 0.3) is 0 Å². The molecule has 1 aromatic heterocycles. The normalized spacial score (nSPS) is 13.1. The molecule has 0 bridgehead atoms. The van der Waals surface area contributed by atoms with E-state index in [1.54, 1.807) is 20.2 Å². The predicted molar refractivity (Wildman–Crippen MR) is 95.5 cm³/mol. The highest BCUT2D eigenvalue weighted by Crippen LogP contribution is 2.22. The first-order valence-corrected chi connectivity index (χ1v) is 9.70. The SMILES string of the molecule is CCS(=O)(=O)NCCCNC(=NC)NCc1ncc(C(C)(C)C)o1. The fraction of sp³-hybridized carbons (Fsp3) is 0.733. The predicted octanol–water partition coefficient (Wildman–Crippen LogP) is 0.967. The molecule has 1 rings (SSSR count). The quantitative estimate of drug-likeness (QED) is 0.362. The molecule has 3 N–H and O–H groups in total. The Balaban J connectivity index is 2.32. The second-order valence-corrected chi connectivity index (χ2v) is 8.47. The molecule has 0 atom stereocenters. The lowest BCUT2D eigenvalue weighted by Crippen LogP contribution is -2.38. The Morgan fingerprint density at radius 2 is 2.00 bits per heavy atom. The number of hydrogen-bond donors (Lipinski definition) is 3. The Hall–Kier alpha value is -1.61. The summed E-state index contributed by atoms with van der Waals surface area (Å²) in [4.78, 5) is 8.35. The number of rotatable bonds is 8. The van der Waals surface area contributed by atoms with E-state index in [9.17, 15) is 8.42 Å². The second kappa shape index (κ2) is 9.03. The largest absolute Gasteiger partial charge is 0.443 e. The van der Waals surface area contributed by atoms with Crippen LogP contribution in [0.15, 0.2) is 15.6 Å². The molecular weight excluding hydrogens is 330 g/mol. The summed E-state index contributed by atoms with van der Waals surface area (Å²) in [6.07, 6.45) is 2.40. The summed E-state index contributed by atoms with van der Waals surface area (Å²) in [6.45, 7) is 9.24. The van der Waals surface area contributed by atoms with E-state index >= 15 is 0 Å². The molecule has 0 saturated heterocycles. The number of hydrogen-bond acceptors (Lipinski definition) is 5. The van der Waals surface area contributed by atoms with Crippen molar-refractivity contribution in [2.45, 2.75) is 46.1 Å². The van der Waals surface area contributed by atoms with E-state index in [4.69, 9.17) is 4.42 Å². The summed E-state index contributed by atoms with van der Waals surface area (Å²) in [5.74, 6) is 2.14. The van der Waals surface area contributed by atoms with Gasteiger partial charge in [-0.25, -0.2) is 18.1 Å². The zero-order valence-corrected chi connectivity index (χ0v) is 16.0. The molecule has 0 radical (unpaired) electrons. The molecule has 1 heterocycles. The molecule has 1 aromatic rings. The highest BCUT2D eigenvalue weighted by atomic mass is 32.2. The van der Waals surface area contributed by atoms with Gasteiger partial charge in [-0.05, 0) is 13.3 Å². The van der Waals surface area contributed by atoms with E-state index in [0.717, 1.165) is 5.76 Å². The zero-order valence-electron chi connectivity index (χ0n) is 15.1. The van der Waals surface area contributed by atoms with Crippen LogP contribution in [0.25, 0.3) is 0 Å².